The summed E-state index contributed by atoms with van der Waals surface area (Å²) in [6.45, 7) is 13.1. The van der Waals surface area contributed by atoms with E-state index in [1.54, 1.807) is 58.0 Å². The molecule has 6 rings (SSSR count). The summed E-state index contributed by atoms with van der Waals surface area (Å²) in [5.41, 5.74) is 0.0831. The number of nitrogens with zero attached hydrogens (tertiary/aromatic N) is 2. The molecule has 1 amide bonds. The summed E-state index contributed by atoms with van der Waals surface area (Å²) < 4.78 is 30.3. The molecule has 0 spiro atoms. The molecule has 63 heavy (non-hydrogen) atoms. The Labute approximate surface area is 365 Å². The highest BCUT2D eigenvalue weighted by atomic mass is 16.7. The molecule has 15 heteroatoms. The zero-order chi connectivity index (χ0) is 46.2. The maximum Gasteiger partial charge on any atom is 0.312 e. The van der Waals surface area contributed by atoms with Gasteiger partial charge in [0.05, 0.1) is 42.1 Å². The number of nitrogens with one attached hydrogen (secondary N) is 1. The van der Waals surface area contributed by atoms with Crippen LogP contribution in [-0.2, 0) is 23.8 Å². The van der Waals surface area contributed by atoms with Gasteiger partial charge in [-0.3, -0.25) is 24.1 Å². The van der Waals surface area contributed by atoms with Gasteiger partial charge in [0.15, 0.2) is 11.3 Å². The maximum absolute atomic E-state index is 14.7. The molecule has 3 heterocycles. The van der Waals surface area contributed by atoms with Crippen LogP contribution in [0.4, 0.5) is 5.69 Å². The van der Waals surface area contributed by atoms with Crippen LogP contribution >= 0.6 is 0 Å². The van der Waals surface area contributed by atoms with Gasteiger partial charge in [-0.2, -0.15) is 0 Å². The molecule has 2 aromatic carbocycles. The number of esters is 1. The zero-order valence-corrected chi connectivity index (χ0v) is 37.4. The lowest BCUT2D eigenvalue weighted by Gasteiger charge is -2.38. The SMILES string of the molecule is CO[C@H]1/C=C/O[C@@]2(C)Oc3c(C)c(O)c4c(=O)c(c5oc6cc(C#CCN(C)C)ccc6nc-5c4c3C2=O)NC(=O)/C(C)=C\C=C\[C@H](C)[C@H](O)[C@@H](C)[C@@H](O)[C@@H](C)[C@H](OC(C)=O)[C@@H]1C. The second kappa shape index (κ2) is 18.4. The Kier molecular flexibility index (Phi) is 13.5. The number of aromatic nitrogens is 1. The van der Waals surface area contributed by atoms with Crippen molar-refractivity contribution in [3.8, 4) is 34.8 Å². The molecule has 334 valence electrons. The van der Waals surface area contributed by atoms with Crippen molar-refractivity contribution in [1.82, 2.24) is 9.88 Å². The summed E-state index contributed by atoms with van der Waals surface area (Å²) in [5.74, 6) is -1.10. The first-order chi connectivity index (χ1) is 29.7. The lowest BCUT2D eigenvalue weighted by molar-refractivity contribution is -0.160. The number of ketones is 1. The molecule has 15 nitrogen and oxygen atoms in total. The molecule has 0 aromatic heterocycles. The van der Waals surface area contributed by atoms with Gasteiger partial charge in [0.25, 0.3) is 11.7 Å². The Balaban J connectivity index is 1.59. The van der Waals surface area contributed by atoms with Gasteiger partial charge < -0.3 is 44.0 Å². The zero-order valence-electron chi connectivity index (χ0n) is 37.4. The average Bonchev–Trinajstić information content (AvgIpc) is 3.50. The monoisotopic (exact) mass is 865 g/mol. The number of aliphatic hydroxyl groups is 2. The number of carbonyl (C=O) groups is 3. The number of benzene rings is 3. The first-order valence-corrected chi connectivity index (χ1v) is 20.7. The van der Waals surface area contributed by atoms with Crippen molar-refractivity contribution in [2.75, 3.05) is 33.1 Å². The van der Waals surface area contributed by atoms with Crippen LogP contribution in [0.1, 0.15) is 70.0 Å². The summed E-state index contributed by atoms with van der Waals surface area (Å²) in [4.78, 5) is 62.5. The van der Waals surface area contributed by atoms with Crippen LogP contribution in [0.5, 0.6) is 11.5 Å². The number of ether oxygens (including phenoxy) is 4. The van der Waals surface area contributed by atoms with E-state index in [0.29, 0.717) is 17.6 Å². The van der Waals surface area contributed by atoms with Gasteiger partial charge in [-0.25, -0.2) is 4.98 Å². The highest BCUT2D eigenvalue weighted by molar-refractivity contribution is 6.22. The predicted octanol–water partition coefficient (Wildman–Crippen LogP) is 5.86. The van der Waals surface area contributed by atoms with Crippen LogP contribution in [0.25, 0.3) is 33.3 Å². The molecular weight excluding hydrogens is 811 g/mol. The Morgan fingerprint density at radius 2 is 1.73 bits per heavy atom. The van der Waals surface area contributed by atoms with Crippen LogP contribution in [-0.4, -0.2) is 101 Å². The number of carbonyl (C=O) groups excluding carboxylic acids is 3. The van der Waals surface area contributed by atoms with Gasteiger partial charge >= 0.3 is 11.8 Å². The molecule has 4 N–H and O–H groups in total. The fourth-order valence-electron chi connectivity index (χ4n) is 8.18. The van der Waals surface area contributed by atoms with E-state index in [9.17, 15) is 34.5 Å². The van der Waals surface area contributed by atoms with E-state index in [-0.39, 0.29) is 55.9 Å². The fourth-order valence-corrected chi connectivity index (χ4v) is 8.18. The average molecular weight is 866 g/mol. The summed E-state index contributed by atoms with van der Waals surface area (Å²) in [6, 6.07) is 5.08. The summed E-state index contributed by atoms with van der Waals surface area (Å²) >= 11 is 0. The molecule has 3 aliphatic heterocycles. The second-order valence-electron chi connectivity index (χ2n) is 16.9. The number of aromatic hydroxyl groups is 1. The van der Waals surface area contributed by atoms with E-state index >= 15 is 0 Å². The standard InChI is InChI=1S/C48H55N3O12/c1-23-14-12-15-24(2)47(58)50-38-42(56)35-34(37-45(38)62-33-22-30(16-13-20-51(9)10)17-18-31(33)49-37)36-44(28(6)41(35)55)63-48(8,46(36)57)60-21-19-32(59-11)25(3)43(61-29(7)52)27(5)40(54)26(4)39(23)53/h12,14-15,17-19,21-23,25-27,32,39-40,43,53-55H,20H2,1-11H3,(H,50,58)/b14-12+,21-19+,24-15-/t23-,25+,26+,27+,32-,39-,40+,43+,48-/m0/s1. The number of allylic oxidation sites excluding steroid dienone is 2. The fraction of sp³-hybridized carbons (Fsp3) is 0.438. The first-order valence-electron chi connectivity index (χ1n) is 20.7. The molecule has 4 bridgehead atoms. The third-order valence-corrected chi connectivity index (χ3v) is 12.0. The molecular formula is C48H55N3O12. The molecule has 0 unspecified atom stereocenters. The van der Waals surface area contributed by atoms with Crippen molar-refractivity contribution < 1.29 is 53.1 Å². The predicted molar refractivity (Wildman–Crippen MR) is 236 cm³/mol. The molecule has 1 aliphatic carbocycles. The van der Waals surface area contributed by atoms with Crippen LogP contribution in [0, 0.1) is 42.4 Å². The molecule has 0 saturated carbocycles. The number of methoxy groups -OCH3 is 1. The number of aliphatic hydroxyl groups excluding tert-OH is 2. The van der Waals surface area contributed by atoms with Crippen LogP contribution in [0.3, 0.4) is 0 Å². The number of amides is 1. The van der Waals surface area contributed by atoms with Crippen LogP contribution < -0.4 is 15.5 Å². The number of fused-ring (bicyclic) bond motifs is 2. The summed E-state index contributed by atoms with van der Waals surface area (Å²) in [6.07, 6.45) is 3.59. The Morgan fingerprint density at radius 3 is 2.40 bits per heavy atom. The van der Waals surface area contributed by atoms with Gasteiger partial charge in [-0.05, 0) is 52.2 Å². The van der Waals surface area contributed by atoms with Crippen molar-refractivity contribution in [3.63, 3.8) is 0 Å². The molecule has 0 fully saturated rings. The minimum atomic E-state index is -2.04. The smallest absolute Gasteiger partial charge is 0.312 e. The second-order valence-corrected chi connectivity index (χ2v) is 16.9. The minimum absolute atomic E-state index is 0.0175. The number of hydrogen-bond donors (Lipinski definition) is 4. The van der Waals surface area contributed by atoms with E-state index in [1.807, 2.05) is 19.0 Å². The van der Waals surface area contributed by atoms with E-state index < -0.39 is 82.7 Å². The minimum Gasteiger partial charge on any atom is -0.507 e. The lowest BCUT2D eigenvalue weighted by atomic mass is 9.78. The Morgan fingerprint density at radius 1 is 1.02 bits per heavy atom. The number of rotatable bonds is 3. The van der Waals surface area contributed by atoms with Gasteiger partial charge in [0.2, 0.25) is 5.43 Å². The van der Waals surface area contributed by atoms with Crippen molar-refractivity contribution in [1.29, 1.82) is 0 Å². The molecule has 9 atom stereocenters. The first kappa shape index (κ1) is 46.5. The van der Waals surface area contributed by atoms with Crippen LogP contribution in [0.2, 0.25) is 0 Å². The molecule has 0 saturated heterocycles. The number of hydrogen-bond acceptors (Lipinski definition) is 14. The Bertz CT molecular complexity index is 2650. The van der Waals surface area contributed by atoms with Crippen LogP contribution in [0.15, 0.2) is 63.6 Å². The highest BCUT2D eigenvalue weighted by Crippen LogP contribution is 2.50. The maximum atomic E-state index is 14.7. The highest BCUT2D eigenvalue weighted by Gasteiger charge is 2.50. The van der Waals surface area contributed by atoms with Crippen molar-refractivity contribution in [2.24, 2.45) is 23.7 Å². The van der Waals surface area contributed by atoms with E-state index in [0.717, 1.165) is 0 Å². The van der Waals surface area contributed by atoms with Gasteiger partial charge in [0, 0.05) is 66.7 Å². The molecule has 2 aromatic rings. The van der Waals surface area contributed by atoms with E-state index in [2.05, 4.69) is 17.2 Å². The third-order valence-electron chi connectivity index (χ3n) is 12.0. The number of phenolic OH excluding ortho intramolecular Hbond substituents is 1. The number of Topliss-reactive ketones (excluding diaryl/α,β-unsaturated/α-hetero) is 1. The lowest BCUT2D eigenvalue weighted by Crippen LogP contribution is -2.46. The van der Waals surface area contributed by atoms with Crippen molar-refractivity contribution in [2.45, 2.75) is 85.6 Å². The topological polar surface area (TPSA) is 207 Å². The normalized spacial score (nSPS) is 28.8. The van der Waals surface area contributed by atoms with Gasteiger partial charge in [-0.1, -0.05) is 57.8 Å². The molecule has 0 radical (unpaired) electrons. The third kappa shape index (κ3) is 8.94. The quantitative estimate of drug-likeness (QED) is 0.0824. The largest absolute Gasteiger partial charge is 0.507 e. The van der Waals surface area contributed by atoms with Crippen molar-refractivity contribution >= 4 is 45.2 Å². The van der Waals surface area contributed by atoms with E-state index in [4.69, 9.17) is 28.3 Å². The number of anilines is 1. The summed E-state index contributed by atoms with van der Waals surface area (Å²) in [7, 11) is 5.23. The Hall–Kier alpha value is -6.05. The van der Waals surface area contributed by atoms with E-state index in [1.165, 1.54) is 53.2 Å². The number of phenols is 1. The summed E-state index contributed by atoms with van der Waals surface area (Å²) in [5, 5.41) is 37.0. The van der Waals surface area contributed by atoms with Crippen molar-refractivity contribution in [3.05, 3.63) is 81.3 Å². The van der Waals surface area contributed by atoms with Gasteiger partial charge in [0.1, 0.15) is 34.5 Å². The van der Waals surface area contributed by atoms with Gasteiger partial charge in [-0.15, -0.1) is 0 Å². The molecule has 4 aliphatic rings.